The first kappa shape index (κ1) is 16.5. The van der Waals surface area contributed by atoms with Gasteiger partial charge >= 0.3 is 0 Å². The van der Waals surface area contributed by atoms with Gasteiger partial charge in [-0.3, -0.25) is 19.3 Å². The van der Waals surface area contributed by atoms with Gasteiger partial charge < -0.3 is 5.32 Å². The van der Waals surface area contributed by atoms with Crippen LogP contribution in [0.3, 0.4) is 0 Å². The first-order valence-electron chi connectivity index (χ1n) is 9.13. The van der Waals surface area contributed by atoms with E-state index in [1.165, 1.54) is 4.90 Å². The number of allylic oxidation sites excluding steroid dienone is 2. The van der Waals surface area contributed by atoms with Crippen LogP contribution in [0.1, 0.15) is 12.8 Å². The van der Waals surface area contributed by atoms with Crippen LogP contribution in [-0.2, 0) is 14.4 Å². The van der Waals surface area contributed by atoms with E-state index in [9.17, 15) is 14.4 Å². The molecule has 6 rings (SSSR count). The summed E-state index contributed by atoms with van der Waals surface area (Å²) in [6.45, 7) is 0.176. The number of amides is 3. The van der Waals surface area contributed by atoms with E-state index in [-0.39, 0.29) is 54.4 Å². The number of hydrogen-bond donors (Lipinski definition) is 1. The number of likely N-dealkylation sites (tertiary alicyclic amines) is 1. The van der Waals surface area contributed by atoms with Gasteiger partial charge in [-0.25, -0.2) is 0 Å². The van der Waals surface area contributed by atoms with Crippen molar-refractivity contribution >= 4 is 46.0 Å². The highest BCUT2D eigenvalue weighted by molar-refractivity contribution is 14.1. The molecular weight excluding hydrogens is 443 g/mol. The zero-order valence-corrected chi connectivity index (χ0v) is 16.3. The topological polar surface area (TPSA) is 66.5 Å². The molecule has 3 amide bonds. The molecule has 0 aromatic heterocycles. The Labute approximate surface area is 165 Å². The van der Waals surface area contributed by atoms with Gasteiger partial charge in [-0.15, -0.1) is 0 Å². The van der Waals surface area contributed by atoms with Gasteiger partial charge in [0.05, 0.1) is 11.8 Å². The fourth-order valence-corrected chi connectivity index (χ4v) is 5.57. The van der Waals surface area contributed by atoms with Gasteiger partial charge in [0, 0.05) is 22.2 Å². The SMILES string of the molecule is O=C(CCN1C(=O)[C@@H]2[C@H]3C=C[C@H]([C@H]4C[C@H]34)[C@@H]2C1=O)Nc1ccc(I)cc1. The molecule has 0 spiro atoms. The van der Waals surface area contributed by atoms with Crippen LogP contribution in [0, 0.1) is 39.1 Å². The number of benzene rings is 1. The summed E-state index contributed by atoms with van der Waals surface area (Å²) in [5, 5.41) is 2.83. The maximum atomic E-state index is 12.9. The zero-order valence-electron chi connectivity index (χ0n) is 14.1. The van der Waals surface area contributed by atoms with Crippen molar-refractivity contribution in [3.05, 3.63) is 40.0 Å². The number of imide groups is 1. The summed E-state index contributed by atoms with van der Waals surface area (Å²) in [6, 6.07) is 7.52. The highest BCUT2D eigenvalue weighted by Crippen LogP contribution is 2.65. The zero-order chi connectivity index (χ0) is 18.0. The van der Waals surface area contributed by atoms with Gasteiger partial charge in [-0.1, -0.05) is 12.2 Å². The molecule has 0 radical (unpaired) electrons. The van der Waals surface area contributed by atoms with Crippen molar-refractivity contribution in [3.8, 4) is 0 Å². The lowest BCUT2D eigenvalue weighted by Gasteiger charge is -2.37. The Morgan fingerprint density at radius 3 is 2.19 bits per heavy atom. The van der Waals surface area contributed by atoms with Crippen molar-refractivity contribution < 1.29 is 14.4 Å². The molecule has 0 unspecified atom stereocenters. The van der Waals surface area contributed by atoms with Gasteiger partial charge in [-0.05, 0) is 76.9 Å². The Hall–Kier alpha value is -1.70. The third-order valence-corrected chi connectivity index (χ3v) is 7.16. The van der Waals surface area contributed by atoms with E-state index in [1.807, 2.05) is 24.3 Å². The molecule has 6 heteroatoms. The minimum atomic E-state index is -0.180. The lowest BCUT2D eigenvalue weighted by molar-refractivity contribution is -0.140. The summed E-state index contributed by atoms with van der Waals surface area (Å²) in [7, 11) is 0. The smallest absolute Gasteiger partial charge is 0.233 e. The molecule has 5 aliphatic rings. The van der Waals surface area contributed by atoms with E-state index < -0.39 is 0 Å². The number of carbonyl (C=O) groups is 3. The number of rotatable bonds is 4. The number of nitrogens with one attached hydrogen (secondary N) is 1. The Morgan fingerprint density at radius 1 is 1.04 bits per heavy atom. The van der Waals surface area contributed by atoms with Crippen molar-refractivity contribution in [3.63, 3.8) is 0 Å². The van der Waals surface area contributed by atoms with Crippen molar-refractivity contribution in [1.29, 1.82) is 0 Å². The van der Waals surface area contributed by atoms with E-state index >= 15 is 0 Å². The lowest BCUT2D eigenvalue weighted by Crippen LogP contribution is -2.40. The molecule has 6 atom stereocenters. The standard InChI is InChI=1S/C20H19IN2O3/c21-10-1-3-11(4-2-10)22-16(24)7-8-23-19(25)17-12-5-6-13(15-9-14(12)15)18(17)20(23)26/h1-6,12-15,17-18H,7-9H2,(H,22,24)/t12-,13+,14-,15-,17+,18-/m1/s1. The van der Waals surface area contributed by atoms with Crippen molar-refractivity contribution in [1.82, 2.24) is 4.90 Å². The molecule has 1 N–H and O–H groups in total. The van der Waals surface area contributed by atoms with E-state index in [0.29, 0.717) is 11.8 Å². The normalized spacial score (nSPS) is 36.1. The molecule has 26 heavy (non-hydrogen) atoms. The number of carbonyl (C=O) groups excluding carboxylic acids is 3. The quantitative estimate of drug-likeness (QED) is 0.425. The van der Waals surface area contributed by atoms with Gasteiger partial charge in [0.25, 0.3) is 0 Å². The fourth-order valence-electron chi connectivity index (χ4n) is 5.21. The summed E-state index contributed by atoms with van der Waals surface area (Å²) < 4.78 is 1.10. The van der Waals surface area contributed by atoms with Crippen LogP contribution in [-0.4, -0.2) is 29.2 Å². The van der Waals surface area contributed by atoms with Crippen LogP contribution in [0.15, 0.2) is 36.4 Å². The minimum absolute atomic E-state index is 0.0632. The predicted molar refractivity (Wildman–Crippen MR) is 104 cm³/mol. The minimum Gasteiger partial charge on any atom is -0.326 e. The van der Waals surface area contributed by atoms with Crippen LogP contribution < -0.4 is 5.32 Å². The van der Waals surface area contributed by atoms with Crippen molar-refractivity contribution in [2.24, 2.45) is 35.5 Å². The maximum Gasteiger partial charge on any atom is 0.233 e. The molecule has 1 saturated heterocycles. The summed E-state index contributed by atoms with van der Waals surface area (Å²) >= 11 is 2.21. The Balaban J connectivity index is 1.24. The maximum absolute atomic E-state index is 12.9. The summed E-state index contributed by atoms with van der Waals surface area (Å²) in [4.78, 5) is 39.3. The molecular formula is C20H19IN2O3. The molecule has 2 saturated carbocycles. The number of halogens is 1. The first-order valence-corrected chi connectivity index (χ1v) is 10.2. The Bertz CT molecular complexity index is 798. The second-order valence-electron chi connectivity index (χ2n) is 7.79. The molecule has 4 aliphatic carbocycles. The highest BCUT2D eigenvalue weighted by atomic mass is 127. The molecule has 1 aliphatic heterocycles. The van der Waals surface area contributed by atoms with E-state index in [0.717, 1.165) is 15.7 Å². The second-order valence-corrected chi connectivity index (χ2v) is 9.03. The number of anilines is 1. The lowest BCUT2D eigenvalue weighted by atomic mass is 9.63. The van der Waals surface area contributed by atoms with E-state index in [1.54, 1.807) is 0 Å². The average molecular weight is 462 g/mol. The van der Waals surface area contributed by atoms with Crippen LogP contribution >= 0.6 is 22.6 Å². The second kappa shape index (κ2) is 5.90. The summed E-state index contributed by atoms with van der Waals surface area (Å²) in [5.74, 6) is 1.01. The molecule has 134 valence electrons. The van der Waals surface area contributed by atoms with Crippen molar-refractivity contribution in [2.75, 3.05) is 11.9 Å². The van der Waals surface area contributed by atoms with Crippen LogP contribution in [0.4, 0.5) is 5.69 Å². The number of nitrogens with zero attached hydrogens (tertiary/aromatic N) is 1. The molecule has 1 heterocycles. The largest absolute Gasteiger partial charge is 0.326 e. The van der Waals surface area contributed by atoms with Gasteiger partial charge in [0.2, 0.25) is 17.7 Å². The van der Waals surface area contributed by atoms with Crippen LogP contribution in [0.5, 0.6) is 0 Å². The van der Waals surface area contributed by atoms with Crippen molar-refractivity contribution in [2.45, 2.75) is 12.8 Å². The van der Waals surface area contributed by atoms with Crippen LogP contribution in [0.25, 0.3) is 0 Å². The number of hydrogen-bond acceptors (Lipinski definition) is 3. The predicted octanol–water partition coefficient (Wildman–Crippen LogP) is 2.67. The fraction of sp³-hybridized carbons (Fsp3) is 0.450. The highest BCUT2D eigenvalue weighted by Gasteiger charge is 2.66. The van der Waals surface area contributed by atoms with Gasteiger partial charge in [0.15, 0.2) is 0 Å². The molecule has 1 aromatic carbocycles. The molecule has 3 fully saturated rings. The summed E-state index contributed by atoms with van der Waals surface area (Å²) in [5.41, 5.74) is 0.727. The van der Waals surface area contributed by atoms with Gasteiger partial charge in [0.1, 0.15) is 0 Å². The van der Waals surface area contributed by atoms with E-state index in [4.69, 9.17) is 0 Å². The third kappa shape index (κ3) is 2.45. The van der Waals surface area contributed by atoms with E-state index in [2.05, 4.69) is 40.1 Å². The molecule has 5 nitrogen and oxygen atoms in total. The molecule has 1 aromatic rings. The monoisotopic (exact) mass is 462 g/mol. The first-order chi connectivity index (χ1) is 12.5. The Morgan fingerprint density at radius 2 is 1.62 bits per heavy atom. The molecule has 2 bridgehead atoms. The third-order valence-electron chi connectivity index (χ3n) is 6.44. The average Bonchev–Trinajstić information content (AvgIpc) is 3.41. The summed E-state index contributed by atoms with van der Waals surface area (Å²) in [6.07, 6.45) is 5.63. The van der Waals surface area contributed by atoms with Gasteiger partial charge in [-0.2, -0.15) is 0 Å². The Kier molecular flexibility index (Phi) is 3.74. The van der Waals surface area contributed by atoms with Crippen LogP contribution in [0.2, 0.25) is 0 Å².